The molecular formula is C33H31N5O2. The topological polar surface area (TPSA) is 114 Å². The average Bonchev–Trinajstić information content (AvgIpc) is 3.83. The molecule has 0 atom stereocenters. The minimum absolute atomic E-state index is 0.174. The van der Waals surface area contributed by atoms with Crippen LogP contribution >= 0.6 is 0 Å². The van der Waals surface area contributed by atoms with Gasteiger partial charge in [0.15, 0.2) is 0 Å². The van der Waals surface area contributed by atoms with Gasteiger partial charge in [0.25, 0.3) is 5.91 Å². The maximum atomic E-state index is 12.3. The van der Waals surface area contributed by atoms with Crippen molar-refractivity contribution in [3.8, 4) is 22.4 Å². The molecule has 200 valence electrons. The van der Waals surface area contributed by atoms with E-state index in [0.29, 0.717) is 17.2 Å². The van der Waals surface area contributed by atoms with Crippen molar-refractivity contribution in [2.24, 2.45) is 5.73 Å². The molecule has 2 aliphatic carbocycles. The molecule has 1 amide bonds. The number of fused-ring (bicyclic) bond motifs is 2. The lowest BCUT2D eigenvalue weighted by molar-refractivity contribution is 0.100. The molecule has 2 heterocycles. The number of amides is 1. The van der Waals surface area contributed by atoms with Crippen LogP contribution in [0, 0.1) is 0 Å². The number of nitrogens with zero attached hydrogens (tertiary/aromatic N) is 3. The summed E-state index contributed by atoms with van der Waals surface area (Å²) in [6.45, 7) is 0. The molecule has 40 heavy (non-hydrogen) atoms. The fraction of sp³-hybridized carbons (Fsp3) is 0.273. The smallest absolute Gasteiger partial charge is 0.250 e. The normalized spacial score (nSPS) is 19.1. The van der Waals surface area contributed by atoms with E-state index < -0.39 is 5.91 Å². The van der Waals surface area contributed by atoms with E-state index >= 15 is 0 Å². The number of para-hydroxylation sites is 2. The van der Waals surface area contributed by atoms with Gasteiger partial charge in [-0.2, -0.15) is 0 Å². The molecule has 0 unspecified atom stereocenters. The number of aromatic nitrogens is 3. The number of aliphatic hydroxyl groups excluding tert-OH is 1. The molecule has 4 N–H and O–H groups in total. The highest BCUT2D eigenvalue weighted by Gasteiger charge is 2.29. The first-order chi connectivity index (χ1) is 19.5. The van der Waals surface area contributed by atoms with Crippen LogP contribution in [0.2, 0.25) is 0 Å². The molecule has 2 aromatic heterocycles. The number of rotatable bonds is 6. The van der Waals surface area contributed by atoms with Crippen LogP contribution in [-0.4, -0.2) is 38.1 Å². The van der Waals surface area contributed by atoms with Gasteiger partial charge in [-0.25, -0.2) is 9.97 Å². The summed E-state index contributed by atoms with van der Waals surface area (Å²) in [7, 11) is 0. The van der Waals surface area contributed by atoms with Crippen molar-refractivity contribution < 1.29 is 9.90 Å². The number of aliphatic hydroxyl groups is 1. The third kappa shape index (κ3) is 4.67. The second kappa shape index (κ2) is 9.99. The van der Waals surface area contributed by atoms with Crippen molar-refractivity contribution in [2.45, 2.75) is 56.6 Å². The molecule has 7 rings (SSSR count). The highest BCUT2D eigenvalue weighted by molar-refractivity contribution is 6.03. The van der Waals surface area contributed by atoms with E-state index in [1.54, 1.807) is 6.07 Å². The van der Waals surface area contributed by atoms with Crippen LogP contribution < -0.4 is 11.1 Å². The van der Waals surface area contributed by atoms with Gasteiger partial charge in [0.2, 0.25) is 0 Å². The Bertz CT molecular complexity index is 1760. The molecule has 7 heteroatoms. The second-order valence-electron chi connectivity index (χ2n) is 11.1. The molecule has 5 aromatic rings. The predicted molar refractivity (Wildman–Crippen MR) is 158 cm³/mol. The highest BCUT2D eigenvalue weighted by atomic mass is 16.3. The van der Waals surface area contributed by atoms with Crippen LogP contribution in [0.25, 0.3) is 44.2 Å². The second-order valence-corrected chi connectivity index (χ2v) is 11.1. The van der Waals surface area contributed by atoms with Crippen molar-refractivity contribution in [3.63, 3.8) is 0 Å². The Morgan fingerprint density at radius 1 is 0.875 bits per heavy atom. The molecule has 0 radical (unpaired) electrons. The Morgan fingerprint density at radius 2 is 1.70 bits per heavy atom. The number of nitrogens with two attached hydrogens (primary N) is 1. The van der Waals surface area contributed by atoms with Crippen LogP contribution in [0.5, 0.6) is 0 Å². The fourth-order valence-corrected chi connectivity index (χ4v) is 5.83. The zero-order chi connectivity index (χ0) is 27.2. The van der Waals surface area contributed by atoms with E-state index in [-0.39, 0.29) is 12.1 Å². The fourth-order valence-electron chi connectivity index (χ4n) is 5.83. The van der Waals surface area contributed by atoms with Crippen LogP contribution in [-0.2, 0) is 0 Å². The third-order valence-electron chi connectivity index (χ3n) is 8.20. The predicted octanol–water partition coefficient (Wildman–Crippen LogP) is 6.20. The first-order valence-corrected chi connectivity index (χ1v) is 14.1. The monoisotopic (exact) mass is 529 g/mol. The number of primary amides is 1. The number of hydrogen-bond acceptors (Lipinski definition) is 6. The quantitative estimate of drug-likeness (QED) is 0.241. The maximum absolute atomic E-state index is 12.3. The van der Waals surface area contributed by atoms with Gasteiger partial charge < -0.3 is 16.2 Å². The average molecular weight is 530 g/mol. The van der Waals surface area contributed by atoms with Crippen LogP contribution in [0.4, 0.5) is 5.69 Å². The van der Waals surface area contributed by atoms with Gasteiger partial charge in [-0.15, -0.1) is 0 Å². The molecule has 2 aliphatic rings. The summed E-state index contributed by atoms with van der Waals surface area (Å²) in [6, 6.07) is 22.4. The van der Waals surface area contributed by atoms with E-state index in [9.17, 15) is 9.90 Å². The summed E-state index contributed by atoms with van der Waals surface area (Å²) >= 11 is 0. The largest absolute Gasteiger partial charge is 0.393 e. The van der Waals surface area contributed by atoms with E-state index in [0.717, 1.165) is 88.5 Å². The molecule has 3 aromatic carbocycles. The SMILES string of the molecule is NC(=O)c1ccc(-c2nc(C3CC3)nc3c(-c4cnc5ccccc5c4)cccc23)cc1NC1CCC(O)CC1. The minimum atomic E-state index is -0.470. The lowest BCUT2D eigenvalue weighted by atomic mass is 9.92. The van der Waals surface area contributed by atoms with Gasteiger partial charge in [0.1, 0.15) is 5.82 Å². The van der Waals surface area contributed by atoms with Crippen LogP contribution in [0.3, 0.4) is 0 Å². The number of carbonyl (C=O) groups excluding carboxylic acids is 1. The van der Waals surface area contributed by atoms with Crippen molar-refractivity contribution in [1.29, 1.82) is 0 Å². The van der Waals surface area contributed by atoms with Crippen molar-refractivity contribution in [2.75, 3.05) is 5.32 Å². The van der Waals surface area contributed by atoms with E-state index in [1.165, 1.54) is 0 Å². The van der Waals surface area contributed by atoms with Gasteiger partial charge in [-0.05, 0) is 62.8 Å². The molecule has 2 fully saturated rings. The van der Waals surface area contributed by atoms with Crippen LogP contribution in [0.1, 0.15) is 60.6 Å². The Hall–Kier alpha value is -4.36. The number of pyridine rings is 1. The molecule has 0 bridgehead atoms. The number of nitrogens with one attached hydrogen (secondary N) is 1. The van der Waals surface area contributed by atoms with E-state index in [4.69, 9.17) is 20.7 Å². The first kappa shape index (κ1) is 24.7. The molecule has 0 aliphatic heterocycles. The zero-order valence-electron chi connectivity index (χ0n) is 22.2. The maximum Gasteiger partial charge on any atom is 0.250 e. The van der Waals surface area contributed by atoms with Gasteiger partial charge >= 0.3 is 0 Å². The molecule has 7 nitrogen and oxygen atoms in total. The molecule has 0 saturated heterocycles. The Balaban J connectivity index is 1.37. The van der Waals surface area contributed by atoms with Gasteiger partial charge in [0, 0.05) is 51.3 Å². The van der Waals surface area contributed by atoms with Crippen molar-refractivity contribution >= 4 is 33.4 Å². The van der Waals surface area contributed by atoms with Gasteiger partial charge in [-0.3, -0.25) is 9.78 Å². The van der Waals surface area contributed by atoms with E-state index in [2.05, 4.69) is 29.6 Å². The van der Waals surface area contributed by atoms with E-state index in [1.807, 2.05) is 42.6 Å². The Kier molecular flexibility index (Phi) is 6.16. The summed E-state index contributed by atoms with van der Waals surface area (Å²) < 4.78 is 0. The number of benzene rings is 3. The Morgan fingerprint density at radius 3 is 2.50 bits per heavy atom. The number of carbonyl (C=O) groups is 1. The van der Waals surface area contributed by atoms with Gasteiger partial charge in [-0.1, -0.05) is 42.5 Å². The lowest BCUT2D eigenvalue weighted by Gasteiger charge is -2.28. The van der Waals surface area contributed by atoms with Crippen molar-refractivity contribution in [1.82, 2.24) is 15.0 Å². The van der Waals surface area contributed by atoms with Crippen LogP contribution in [0.15, 0.2) is 72.9 Å². The third-order valence-corrected chi connectivity index (χ3v) is 8.20. The molecule has 2 saturated carbocycles. The van der Waals surface area contributed by atoms with Crippen molar-refractivity contribution in [3.05, 3.63) is 84.3 Å². The van der Waals surface area contributed by atoms with Gasteiger partial charge in [0.05, 0.1) is 28.4 Å². The summed E-state index contributed by atoms with van der Waals surface area (Å²) in [6.07, 6.45) is 7.02. The molecule has 0 spiro atoms. The minimum Gasteiger partial charge on any atom is -0.393 e. The molecular weight excluding hydrogens is 498 g/mol. The number of anilines is 1. The lowest BCUT2D eigenvalue weighted by Crippen LogP contribution is -2.29. The standard InChI is InChI=1S/C33H31N5O2/c34-32(40)26-15-10-21(17-29(26)36-23-11-13-24(39)14-12-23)30-27-6-3-5-25(31(27)38-33(37-30)19-8-9-19)22-16-20-4-1-2-7-28(20)35-18-22/h1-7,10,15-19,23-24,36,39H,8-9,11-14H2,(H2,34,40). The summed E-state index contributed by atoms with van der Waals surface area (Å²) in [5.74, 6) is 0.753. The number of hydrogen-bond donors (Lipinski definition) is 3. The summed E-state index contributed by atoms with van der Waals surface area (Å²) in [4.78, 5) is 27.2. The highest BCUT2D eigenvalue weighted by Crippen LogP contribution is 2.42. The zero-order valence-corrected chi connectivity index (χ0v) is 22.2. The summed E-state index contributed by atoms with van der Waals surface area (Å²) in [5, 5.41) is 15.5. The first-order valence-electron chi connectivity index (χ1n) is 14.1. The summed E-state index contributed by atoms with van der Waals surface area (Å²) in [5.41, 5.74) is 12.6. The Labute approximate surface area is 232 Å².